The van der Waals surface area contributed by atoms with Crippen LogP contribution in [0.15, 0.2) is 16.9 Å². The van der Waals surface area contributed by atoms with Gasteiger partial charge in [0.2, 0.25) is 0 Å². The van der Waals surface area contributed by atoms with Crippen LogP contribution in [-0.4, -0.2) is 0 Å². The summed E-state index contributed by atoms with van der Waals surface area (Å²) in [5.41, 5.74) is 8.88. The minimum absolute atomic E-state index is 0.0955. The van der Waals surface area contributed by atoms with Crippen molar-refractivity contribution in [1.82, 2.24) is 0 Å². The minimum atomic E-state index is 0.0955. The second-order valence-corrected chi connectivity index (χ2v) is 3.34. The molecule has 0 saturated carbocycles. The predicted molar refractivity (Wildman–Crippen MR) is 42.4 cm³/mol. The molecule has 0 unspecified atom stereocenters. The van der Waals surface area contributed by atoms with Crippen molar-refractivity contribution in [3.63, 3.8) is 0 Å². The van der Waals surface area contributed by atoms with Crippen molar-refractivity contribution >= 4 is 0 Å². The third kappa shape index (κ3) is 5.19. The van der Waals surface area contributed by atoms with E-state index in [1.807, 2.05) is 6.08 Å². The van der Waals surface area contributed by atoms with Gasteiger partial charge in [-0.3, -0.25) is 0 Å². The fourth-order valence-electron chi connectivity index (χ4n) is 0.726. The van der Waals surface area contributed by atoms with E-state index in [-0.39, 0.29) is 5.41 Å². The molecule has 0 saturated heterocycles. The second-order valence-electron chi connectivity index (χ2n) is 3.34. The fourth-order valence-corrected chi connectivity index (χ4v) is 0.726. The Hall–Kier alpha value is -0.950. The maximum Gasteiger partial charge on any atom is 0.00848 e. The lowest BCUT2D eigenvalue weighted by Crippen LogP contribution is -1.99. The van der Waals surface area contributed by atoms with Crippen LogP contribution in [0, 0.1) is 5.41 Å². The minimum Gasteiger partial charge on any atom is -0.0739 e. The molecule has 0 atom stereocenters. The summed E-state index contributed by atoms with van der Waals surface area (Å²) >= 11 is 0. The highest BCUT2D eigenvalue weighted by Gasteiger charge is 2.04. The Morgan fingerprint density at radius 1 is 1.50 bits per heavy atom. The first-order valence-electron chi connectivity index (χ1n) is 3.20. The van der Waals surface area contributed by atoms with E-state index in [2.05, 4.69) is 30.8 Å². The number of azide groups is 1. The van der Waals surface area contributed by atoms with Gasteiger partial charge in [-0.05, 0) is 17.9 Å². The Balaban J connectivity index is 4.31. The van der Waals surface area contributed by atoms with Crippen molar-refractivity contribution in [2.24, 2.45) is 10.5 Å². The summed E-state index contributed by atoms with van der Waals surface area (Å²) in [6.07, 6.45) is 1.94. The third-order valence-corrected chi connectivity index (χ3v) is 0.844. The average Bonchev–Trinajstić information content (AvgIpc) is 1.59. The van der Waals surface area contributed by atoms with E-state index >= 15 is 0 Å². The van der Waals surface area contributed by atoms with Gasteiger partial charge in [0.05, 0.1) is 0 Å². The molecule has 0 N–H and O–H groups in total. The Bertz CT molecular complexity index is 180. The predicted octanol–water partition coefficient (Wildman–Crippen LogP) is 3.25. The first-order chi connectivity index (χ1) is 4.45. The second kappa shape index (κ2) is 3.28. The topological polar surface area (TPSA) is 48.8 Å². The summed E-state index contributed by atoms with van der Waals surface area (Å²) in [7, 11) is 0. The highest BCUT2D eigenvalue weighted by atomic mass is 15.1. The largest absolute Gasteiger partial charge is 0.0739 e. The molecule has 0 bridgehead atoms. The van der Waals surface area contributed by atoms with E-state index in [9.17, 15) is 0 Å². The summed E-state index contributed by atoms with van der Waals surface area (Å²) in [4.78, 5) is 2.68. The van der Waals surface area contributed by atoms with Gasteiger partial charge >= 0.3 is 0 Å². The molecular weight excluding hydrogens is 126 g/mol. The van der Waals surface area contributed by atoms with Gasteiger partial charge in [0.15, 0.2) is 0 Å². The molecule has 0 heterocycles. The van der Waals surface area contributed by atoms with Gasteiger partial charge in [-0.1, -0.05) is 32.0 Å². The molecule has 0 aliphatic carbocycles. The average molecular weight is 139 g/mol. The molecule has 0 rings (SSSR count). The van der Waals surface area contributed by atoms with Crippen LogP contribution in [0.3, 0.4) is 0 Å². The van der Waals surface area contributed by atoms with Crippen LogP contribution < -0.4 is 0 Å². The standard InChI is InChI=1S/C7H13N3/c1-6(9-10-8)5-7(2,3)4/h5H,1-4H3/b6-5+. The summed E-state index contributed by atoms with van der Waals surface area (Å²) in [5.74, 6) is 0. The molecule has 10 heavy (non-hydrogen) atoms. The van der Waals surface area contributed by atoms with Crippen molar-refractivity contribution in [3.05, 3.63) is 22.2 Å². The Morgan fingerprint density at radius 3 is 2.30 bits per heavy atom. The smallest absolute Gasteiger partial charge is 0.00848 e. The van der Waals surface area contributed by atoms with Crippen LogP contribution in [0.5, 0.6) is 0 Å². The molecule has 0 aromatic carbocycles. The van der Waals surface area contributed by atoms with Crippen LogP contribution >= 0.6 is 0 Å². The van der Waals surface area contributed by atoms with Gasteiger partial charge in [-0.25, -0.2) is 0 Å². The lowest BCUT2D eigenvalue weighted by Gasteiger charge is -2.11. The number of hydrogen-bond donors (Lipinski definition) is 0. The van der Waals surface area contributed by atoms with Crippen molar-refractivity contribution in [1.29, 1.82) is 0 Å². The molecule has 0 amide bonds. The van der Waals surface area contributed by atoms with Crippen molar-refractivity contribution in [3.8, 4) is 0 Å². The molecule has 0 aromatic rings. The zero-order valence-electron chi connectivity index (χ0n) is 6.92. The molecule has 0 aliphatic heterocycles. The highest BCUT2D eigenvalue weighted by molar-refractivity contribution is 5.01. The van der Waals surface area contributed by atoms with E-state index in [1.54, 1.807) is 6.92 Å². The van der Waals surface area contributed by atoms with Gasteiger partial charge in [-0.2, -0.15) is 0 Å². The molecule has 0 aromatic heterocycles. The molecule has 0 fully saturated rings. The number of hydrogen-bond acceptors (Lipinski definition) is 1. The normalized spacial score (nSPS) is 12.6. The van der Waals surface area contributed by atoms with Crippen LogP contribution in [-0.2, 0) is 0 Å². The van der Waals surface area contributed by atoms with Gasteiger partial charge in [0.1, 0.15) is 0 Å². The molecule has 3 heteroatoms. The van der Waals surface area contributed by atoms with E-state index in [0.29, 0.717) is 0 Å². The zero-order chi connectivity index (χ0) is 8.20. The number of nitrogens with zero attached hydrogens (tertiary/aromatic N) is 3. The van der Waals surface area contributed by atoms with Gasteiger partial charge < -0.3 is 0 Å². The Kier molecular flexibility index (Phi) is 2.97. The molecule has 56 valence electrons. The Labute approximate surface area is 61.4 Å². The Morgan fingerprint density at radius 2 is 2.00 bits per heavy atom. The highest BCUT2D eigenvalue weighted by Crippen LogP contribution is 2.17. The SMILES string of the molecule is C/C(=C\C(C)(C)C)N=[N+]=[N-]. The first-order valence-corrected chi connectivity index (χ1v) is 3.20. The monoisotopic (exact) mass is 139 g/mol. The van der Waals surface area contributed by atoms with E-state index in [0.717, 1.165) is 5.70 Å². The first kappa shape index (κ1) is 9.05. The maximum absolute atomic E-state index is 8.05. The number of rotatable bonds is 1. The van der Waals surface area contributed by atoms with Crippen LogP contribution in [0.2, 0.25) is 0 Å². The van der Waals surface area contributed by atoms with Crippen LogP contribution in [0.4, 0.5) is 0 Å². The number of allylic oxidation sites excluding steroid dienone is 2. The quantitative estimate of drug-likeness (QED) is 0.304. The third-order valence-electron chi connectivity index (χ3n) is 0.844. The summed E-state index contributed by atoms with van der Waals surface area (Å²) in [6.45, 7) is 7.97. The van der Waals surface area contributed by atoms with Gasteiger partial charge in [0, 0.05) is 10.6 Å². The fraction of sp³-hybridized carbons (Fsp3) is 0.714. The van der Waals surface area contributed by atoms with Gasteiger partial charge in [0.25, 0.3) is 0 Å². The van der Waals surface area contributed by atoms with Crippen molar-refractivity contribution < 1.29 is 0 Å². The van der Waals surface area contributed by atoms with Crippen LogP contribution in [0.1, 0.15) is 27.7 Å². The van der Waals surface area contributed by atoms with Gasteiger partial charge in [-0.15, -0.1) is 0 Å². The lowest BCUT2D eigenvalue weighted by atomic mass is 9.96. The lowest BCUT2D eigenvalue weighted by molar-refractivity contribution is 0.539. The van der Waals surface area contributed by atoms with E-state index in [1.165, 1.54) is 0 Å². The van der Waals surface area contributed by atoms with E-state index < -0.39 is 0 Å². The molecule has 0 aliphatic rings. The van der Waals surface area contributed by atoms with Crippen molar-refractivity contribution in [2.75, 3.05) is 0 Å². The maximum atomic E-state index is 8.05. The van der Waals surface area contributed by atoms with Crippen LogP contribution in [0.25, 0.3) is 10.4 Å². The van der Waals surface area contributed by atoms with E-state index in [4.69, 9.17) is 5.53 Å². The van der Waals surface area contributed by atoms with Crippen molar-refractivity contribution in [2.45, 2.75) is 27.7 Å². The summed E-state index contributed by atoms with van der Waals surface area (Å²) < 4.78 is 0. The summed E-state index contributed by atoms with van der Waals surface area (Å²) in [6, 6.07) is 0. The molecule has 0 radical (unpaired) electrons. The summed E-state index contributed by atoms with van der Waals surface area (Å²) in [5, 5.41) is 3.45. The molecule has 0 spiro atoms. The molecular formula is C7H13N3. The molecule has 3 nitrogen and oxygen atoms in total. The zero-order valence-corrected chi connectivity index (χ0v) is 6.92.